The van der Waals surface area contributed by atoms with E-state index in [-0.39, 0.29) is 48.4 Å². The number of nitrogens with two attached hydrogens (primary N) is 1. The lowest BCUT2D eigenvalue weighted by molar-refractivity contribution is 0.0990. The van der Waals surface area contributed by atoms with E-state index in [1.54, 1.807) is 24.3 Å². The molecule has 0 aliphatic rings. The summed E-state index contributed by atoms with van der Waals surface area (Å²) >= 11 is 1.01. The fourth-order valence-corrected chi connectivity index (χ4v) is 4.12. The second-order valence-corrected chi connectivity index (χ2v) is 8.54. The number of ether oxygens (including phenoxy) is 4. The summed E-state index contributed by atoms with van der Waals surface area (Å²) in [5.74, 6) is -0.292. The van der Waals surface area contributed by atoms with Crippen molar-refractivity contribution >= 4 is 28.2 Å². The van der Waals surface area contributed by atoms with Gasteiger partial charge in [0.15, 0.2) is 5.76 Å². The van der Waals surface area contributed by atoms with E-state index >= 15 is 0 Å². The summed E-state index contributed by atoms with van der Waals surface area (Å²) in [5, 5.41) is 23.9. The smallest absolute Gasteiger partial charge is 0.379 e. The van der Waals surface area contributed by atoms with Crippen LogP contribution < -0.4 is 30.9 Å². The summed E-state index contributed by atoms with van der Waals surface area (Å²) in [6.07, 6.45) is 1.63. The van der Waals surface area contributed by atoms with Gasteiger partial charge in [-0.25, -0.2) is 4.79 Å². The Balaban J connectivity index is 1.74. The Labute approximate surface area is 225 Å². The van der Waals surface area contributed by atoms with Crippen LogP contribution in [0.5, 0.6) is 17.2 Å². The van der Waals surface area contributed by atoms with Gasteiger partial charge in [0.25, 0.3) is 5.91 Å². The predicted octanol–water partition coefficient (Wildman–Crippen LogP) is 2.50. The lowest BCUT2D eigenvalue weighted by Gasteiger charge is -2.17. The van der Waals surface area contributed by atoms with Crippen molar-refractivity contribution in [2.45, 2.75) is 6.42 Å². The molecule has 0 spiro atoms. The number of anilines is 2. The molecule has 39 heavy (non-hydrogen) atoms. The van der Waals surface area contributed by atoms with Crippen LogP contribution >= 0.6 is 11.3 Å². The Morgan fingerprint density at radius 1 is 1.18 bits per heavy atom. The van der Waals surface area contributed by atoms with Gasteiger partial charge in [0.2, 0.25) is 16.0 Å². The van der Waals surface area contributed by atoms with E-state index in [1.165, 1.54) is 31.2 Å². The molecule has 3 N–H and O–H groups in total. The van der Waals surface area contributed by atoms with Crippen LogP contribution in [0.15, 0.2) is 45.7 Å². The van der Waals surface area contributed by atoms with Crippen molar-refractivity contribution in [3.63, 3.8) is 0 Å². The molecule has 3 aromatic heterocycles. The van der Waals surface area contributed by atoms with Crippen LogP contribution in [0.3, 0.4) is 0 Å². The number of nitrogens with one attached hydrogen (secondary N) is 1. The van der Waals surface area contributed by atoms with E-state index in [4.69, 9.17) is 34.4 Å². The van der Waals surface area contributed by atoms with Crippen molar-refractivity contribution in [1.82, 2.24) is 20.0 Å². The summed E-state index contributed by atoms with van der Waals surface area (Å²) < 4.78 is 28.7. The molecule has 0 fully saturated rings. The molecule has 0 aliphatic heterocycles. The number of amides is 1. The van der Waals surface area contributed by atoms with E-state index in [2.05, 4.69) is 20.6 Å². The van der Waals surface area contributed by atoms with Gasteiger partial charge in [0, 0.05) is 18.7 Å². The first-order valence-corrected chi connectivity index (χ1v) is 12.2. The Bertz CT molecular complexity index is 1560. The largest absolute Gasteiger partial charge is 0.496 e. The lowest BCUT2D eigenvalue weighted by atomic mass is 10.0. The Morgan fingerprint density at radius 2 is 2.00 bits per heavy atom. The summed E-state index contributed by atoms with van der Waals surface area (Å²) in [6, 6.07) is 9.92. The van der Waals surface area contributed by atoms with E-state index in [1.807, 2.05) is 6.07 Å². The number of methoxy groups -OCH3 is 2. The van der Waals surface area contributed by atoms with Crippen molar-refractivity contribution in [2.24, 2.45) is 0 Å². The van der Waals surface area contributed by atoms with Crippen molar-refractivity contribution < 1.29 is 28.2 Å². The molecule has 4 aromatic rings. The van der Waals surface area contributed by atoms with E-state index in [9.17, 15) is 9.59 Å². The van der Waals surface area contributed by atoms with Gasteiger partial charge in [-0.1, -0.05) is 17.4 Å². The Morgan fingerprint density at radius 3 is 2.72 bits per heavy atom. The number of hydrogen-bond acceptors (Lipinski definition) is 13. The molecule has 0 bridgehead atoms. The number of nitrogens with zero attached hydrogens (tertiary/aromatic N) is 5. The molecule has 0 atom stereocenters. The highest BCUT2D eigenvalue weighted by Gasteiger charge is 2.25. The zero-order valence-corrected chi connectivity index (χ0v) is 21.7. The molecule has 0 unspecified atom stereocenters. The lowest BCUT2D eigenvalue weighted by Crippen LogP contribution is -2.18. The number of hydrogen-bond donors (Lipinski definition) is 2. The summed E-state index contributed by atoms with van der Waals surface area (Å²) in [6.45, 7) is 0.313. The standard InChI is InChI=1S/C24H23N7O7S/c1-34-11-12-37-20-14(19-15(35-2)5-3-6-16(19)36-10-4-8-25)13-17(38-22(20)33)21(32)28-23-29-30-24(39-23)31-18(26)7-9-27-31/h3,5-7,9,13H,4,10-12,26H2,1-2H3,(H,28,29,32). The van der Waals surface area contributed by atoms with Crippen LogP contribution in [0, 0.1) is 11.3 Å². The highest BCUT2D eigenvalue weighted by molar-refractivity contribution is 7.17. The maximum atomic E-state index is 13.1. The molecule has 0 saturated carbocycles. The molecule has 0 saturated heterocycles. The van der Waals surface area contributed by atoms with Crippen LogP contribution in [-0.2, 0) is 4.74 Å². The average Bonchev–Trinajstić information content (AvgIpc) is 3.57. The quantitative estimate of drug-likeness (QED) is 0.244. The van der Waals surface area contributed by atoms with Crippen LogP contribution in [0.2, 0.25) is 0 Å². The number of nitriles is 1. The van der Waals surface area contributed by atoms with Crippen LogP contribution in [0.4, 0.5) is 10.9 Å². The average molecular weight is 554 g/mol. The third-order valence-electron chi connectivity index (χ3n) is 5.10. The summed E-state index contributed by atoms with van der Waals surface area (Å²) in [4.78, 5) is 26.2. The van der Waals surface area contributed by atoms with Gasteiger partial charge in [-0.3, -0.25) is 10.1 Å². The van der Waals surface area contributed by atoms with E-state index in [0.717, 1.165) is 11.3 Å². The fraction of sp³-hybridized carbons (Fsp3) is 0.250. The second kappa shape index (κ2) is 12.5. The molecule has 0 radical (unpaired) electrons. The minimum atomic E-state index is -0.912. The van der Waals surface area contributed by atoms with Gasteiger partial charge in [-0.2, -0.15) is 15.0 Å². The molecule has 4 rings (SSSR count). The number of nitrogen functional groups attached to an aromatic ring is 1. The first-order valence-electron chi connectivity index (χ1n) is 11.4. The maximum absolute atomic E-state index is 13.1. The van der Waals surface area contributed by atoms with E-state index in [0.29, 0.717) is 28.0 Å². The number of carbonyl (C=O) groups is 1. The monoisotopic (exact) mass is 553 g/mol. The molecular formula is C24H23N7O7S. The van der Waals surface area contributed by atoms with E-state index < -0.39 is 11.5 Å². The highest BCUT2D eigenvalue weighted by atomic mass is 32.1. The van der Waals surface area contributed by atoms with Crippen molar-refractivity contribution in [3.05, 3.63) is 52.7 Å². The minimum Gasteiger partial charge on any atom is -0.496 e. The zero-order chi connectivity index (χ0) is 27.8. The molecule has 15 heteroatoms. The molecule has 1 aromatic carbocycles. The van der Waals surface area contributed by atoms with Gasteiger partial charge in [0.05, 0.1) is 38.0 Å². The van der Waals surface area contributed by atoms with Crippen LogP contribution in [0.1, 0.15) is 17.0 Å². The third-order valence-corrected chi connectivity index (χ3v) is 5.92. The first kappa shape index (κ1) is 27.1. The maximum Gasteiger partial charge on any atom is 0.379 e. The van der Waals surface area contributed by atoms with Gasteiger partial charge in [0.1, 0.15) is 30.5 Å². The topological polar surface area (TPSA) is 190 Å². The number of carbonyl (C=O) groups excluding carboxylic acids is 1. The number of benzene rings is 1. The third kappa shape index (κ3) is 6.14. The van der Waals surface area contributed by atoms with Gasteiger partial charge in [-0.15, -0.1) is 10.2 Å². The normalized spacial score (nSPS) is 10.6. The summed E-state index contributed by atoms with van der Waals surface area (Å²) in [5.41, 5.74) is 5.44. The molecule has 1 amide bonds. The van der Waals surface area contributed by atoms with Crippen molar-refractivity contribution in [3.8, 4) is 39.6 Å². The minimum absolute atomic E-state index is 0.0314. The first-order chi connectivity index (χ1) is 19.0. The number of aromatic nitrogens is 4. The molecule has 3 heterocycles. The summed E-state index contributed by atoms with van der Waals surface area (Å²) in [7, 11) is 2.93. The van der Waals surface area contributed by atoms with Gasteiger partial charge >= 0.3 is 5.63 Å². The molecule has 202 valence electrons. The van der Waals surface area contributed by atoms with Gasteiger partial charge < -0.3 is 29.1 Å². The highest BCUT2D eigenvalue weighted by Crippen LogP contribution is 2.42. The van der Waals surface area contributed by atoms with Gasteiger partial charge in [-0.05, 0) is 18.2 Å². The Kier molecular flexibility index (Phi) is 8.71. The van der Waals surface area contributed by atoms with Crippen LogP contribution in [-0.4, -0.2) is 59.9 Å². The van der Waals surface area contributed by atoms with Crippen LogP contribution in [0.25, 0.3) is 16.3 Å². The zero-order valence-electron chi connectivity index (χ0n) is 20.9. The molecular weight excluding hydrogens is 530 g/mol. The SMILES string of the molecule is COCCOc1c(-c2c(OC)cccc2OCCC#N)cc(C(=O)Nc2nnc(-n3nccc3N)s2)oc1=O. The van der Waals surface area contributed by atoms with Crippen molar-refractivity contribution in [1.29, 1.82) is 5.26 Å². The second-order valence-electron chi connectivity index (χ2n) is 7.58. The molecule has 14 nitrogen and oxygen atoms in total. The fourth-order valence-electron chi connectivity index (χ4n) is 3.40. The predicted molar refractivity (Wildman–Crippen MR) is 139 cm³/mol. The molecule has 0 aliphatic carbocycles. The van der Waals surface area contributed by atoms with Crippen molar-refractivity contribution in [2.75, 3.05) is 45.1 Å². The number of rotatable bonds is 12. The Hall–Kier alpha value is -4.94.